The van der Waals surface area contributed by atoms with Gasteiger partial charge >= 0.3 is 0 Å². The zero-order valence-corrected chi connectivity index (χ0v) is 16.3. The molecule has 140 valence electrons. The molecule has 1 amide bonds. The number of hydrogen-bond acceptors (Lipinski definition) is 6. The van der Waals surface area contributed by atoms with Crippen LogP contribution in [0.5, 0.6) is 11.5 Å². The van der Waals surface area contributed by atoms with Crippen molar-refractivity contribution in [2.75, 3.05) is 20.8 Å². The first kappa shape index (κ1) is 18.6. The quantitative estimate of drug-likeness (QED) is 0.722. The summed E-state index contributed by atoms with van der Waals surface area (Å²) in [4.78, 5) is 15.0. The highest BCUT2D eigenvalue weighted by Gasteiger charge is 2.34. The van der Waals surface area contributed by atoms with Crippen LogP contribution in [0.3, 0.4) is 0 Å². The van der Waals surface area contributed by atoms with Gasteiger partial charge in [0.25, 0.3) is 0 Å². The molecule has 0 bridgehead atoms. The van der Waals surface area contributed by atoms with E-state index < -0.39 is 0 Å². The van der Waals surface area contributed by atoms with E-state index in [-0.39, 0.29) is 17.2 Å². The largest absolute Gasteiger partial charge is 0.497 e. The highest BCUT2D eigenvalue weighted by molar-refractivity contribution is 8.00. The second-order valence-corrected chi connectivity index (χ2v) is 7.59. The summed E-state index contributed by atoms with van der Waals surface area (Å²) in [5, 5.41) is 8.44. The maximum atomic E-state index is 13.1. The standard InChI is InChI=1S/C18H24N4O3S/c1-12(26-18-20-19-11-21(18)2)17(23)22-9-5-6-15(22)14-8-7-13(24-3)10-16(14)25-4/h7-8,10-12,15H,5-6,9H2,1-4H3/t12-,15-/m0/s1. The van der Waals surface area contributed by atoms with Gasteiger partial charge in [-0.15, -0.1) is 10.2 Å². The van der Waals surface area contributed by atoms with Crippen LogP contribution in [0.25, 0.3) is 0 Å². The van der Waals surface area contributed by atoms with Crippen molar-refractivity contribution >= 4 is 17.7 Å². The number of carbonyl (C=O) groups excluding carboxylic acids is 1. The fourth-order valence-electron chi connectivity index (χ4n) is 3.27. The van der Waals surface area contributed by atoms with Crippen LogP contribution in [0.2, 0.25) is 0 Å². The summed E-state index contributed by atoms with van der Waals surface area (Å²) >= 11 is 1.43. The molecule has 1 saturated heterocycles. The number of carbonyl (C=O) groups is 1. The number of methoxy groups -OCH3 is 2. The first-order valence-corrected chi connectivity index (χ1v) is 9.46. The van der Waals surface area contributed by atoms with Crippen LogP contribution in [0.4, 0.5) is 0 Å². The average Bonchev–Trinajstić information content (AvgIpc) is 3.29. The van der Waals surface area contributed by atoms with E-state index in [9.17, 15) is 4.79 Å². The van der Waals surface area contributed by atoms with Gasteiger partial charge in [-0.05, 0) is 31.9 Å². The van der Waals surface area contributed by atoms with E-state index in [1.54, 1.807) is 20.5 Å². The predicted octanol–water partition coefficient (Wildman–Crippen LogP) is 2.68. The number of amides is 1. The van der Waals surface area contributed by atoms with E-state index in [0.29, 0.717) is 0 Å². The lowest BCUT2D eigenvalue weighted by Crippen LogP contribution is -2.36. The molecule has 1 aliphatic rings. The highest BCUT2D eigenvalue weighted by Crippen LogP contribution is 2.39. The topological polar surface area (TPSA) is 69.5 Å². The highest BCUT2D eigenvalue weighted by atomic mass is 32.2. The Hall–Kier alpha value is -2.22. The Morgan fingerprint density at radius 3 is 2.81 bits per heavy atom. The summed E-state index contributed by atoms with van der Waals surface area (Å²) in [5.41, 5.74) is 1.02. The zero-order chi connectivity index (χ0) is 18.7. The Morgan fingerprint density at radius 2 is 2.15 bits per heavy atom. The van der Waals surface area contributed by atoms with Crippen LogP contribution in [0.1, 0.15) is 31.4 Å². The zero-order valence-electron chi connectivity index (χ0n) is 15.5. The van der Waals surface area contributed by atoms with Crippen molar-refractivity contribution < 1.29 is 14.3 Å². The molecule has 3 rings (SSSR count). The van der Waals surface area contributed by atoms with E-state index in [4.69, 9.17) is 9.47 Å². The smallest absolute Gasteiger partial charge is 0.236 e. The monoisotopic (exact) mass is 376 g/mol. The fraction of sp³-hybridized carbons (Fsp3) is 0.500. The van der Waals surface area contributed by atoms with Gasteiger partial charge in [-0.25, -0.2) is 0 Å². The molecule has 0 radical (unpaired) electrons. The molecular formula is C18H24N4O3S. The summed E-state index contributed by atoms with van der Waals surface area (Å²) in [6.45, 7) is 2.67. The third kappa shape index (κ3) is 3.65. The number of rotatable bonds is 6. The predicted molar refractivity (Wildman–Crippen MR) is 99.6 cm³/mol. The Morgan fingerprint density at radius 1 is 1.35 bits per heavy atom. The van der Waals surface area contributed by atoms with Crippen LogP contribution < -0.4 is 9.47 Å². The minimum atomic E-state index is -0.234. The van der Waals surface area contributed by atoms with Crippen molar-refractivity contribution in [1.82, 2.24) is 19.7 Å². The molecule has 1 aromatic carbocycles. The van der Waals surface area contributed by atoms with Gasteiger partial charge in [0.1, 0.15) is 17.8 Å². The normalized spacial score (nSPS) is 18.0. The van der Waals surface area contributed by atoms with Gasteiger partial charge in [0.2, 0.25) is 5.91 Å². The van der Waals surface area contributed by atoms with Crippen LogP contribution in [0.15, 0.2) is 29.7 Å². The molecule has 1 aromatic heterocycles. The molecular weight excluding hydrogens is 352 g/mol. The van der Waals surface area contributed by atoms with E-state index in [2.05, 4.69) is 10.2 Å². The van der Waals surface area contributed by atoms with Crippen LogP contribution in [0, 0.1) is 0 Å². The summed E-state index contributed by atoms with van der Waals surface area (Å²) in [6, 6.07) is 5.80. The van der Waals surface area contributed by atoms with Gasteiger partial charge in [-0.3, -0.25) is 4.79 Å². The van der Waals surface area contributed by atoms with Crippen molar-refractivity contribution in [1.29, 1.82) is 0 Å². The van der Waals surface area contributed by atoms with Crippen molar-refractivity contribution in [2.24, 2.45) is 7.05 Å². The summed E-state index contributed by atoms with van der Waals surface area (Å²) < 4.78 is 12.6. The minimum Gasteiger partial charge on any atom is -0.497 e. The van der Waals surface area contributed by atoms with E-state index >= 15 is 0 Å². The molecule has 0 unspecified atom stereocenters. The van der Waals surface area contributed by atoms with Gasteiger partial charge < -0.3 is 18.9 Å². The maximum Gasteiger partial charge on any atom is 0.236 e. The molecule has 7 nitrogen and oxygen atoms in total. The lowest BCUT2D eigenvalue weighted by atomic mass is 10.0. The van der Waals surface area contributed by atoms with Crippen molar-refractivity contribution in [3.63, 3.8) is 0 Å². The summed E-state index contributed by atoms with van der Waals surface area (Å²) in [5.74, 6) is 1.61. The van der Waals surface area contributed by atoms with Crippen molar-refractivity contribution in [3.05, 3.63) is 30.1 Å². The van der Waals surface area contributed by atoms with Crippen LogP contribution in [-0.2, 0) is 11.8 Å². The number of hydrogen-bond donors (Lipinski definition) is 0. The Bertz CT molecular complexity index is 780. The van der Waals surface area contributed by atoms with E-state index in [1.807, 2.05) is 41.6 Å². The number of likely N-dealkylation sites (tertiary alicyclic amines) is 1. The molecule has 2 heterocycles. The van der Waals surface area contributed by atoms with Crippen LogP contribution in [-0.4, -0.2) is 51.6 Å². The molecule has 0 N–H and O–H groups in total. The second kappa shape index (κ2) is 7.99. The third-order valence-electron chi connectivity index (χ3n) is 4.64. The number of aryl methyl sites for hydroxylation is 1. The molecule has 26 heavy (non-hydrogen) atoms. The molecule has 0 spiro atoms. The number of benzene rings is 1. The fourth-order valence-corrected chi connectivity index (χ4v) is 4.13. The van der Waals surface area contributed by atoms with E-state index in [1.165, 1.54) is 11.8 Å². The van der Waals surface area contributed by atoms with Crippen molar-refractivity contribution in [3.8, 4) is 11.5 Å². The Labute approximate surface area is 157 Å². The molecule has 0 aliphatic carbocycles. The molecule has 8 heteroatoms. The maximum absolute atomic E-state index is 13.1. The Balaban J connectivity index is 1.79. The number of thioether (sulfide) groups is 1. The summed E-state index contributed by atoms with van der Waals surface area (Å²) in [7, 11) is 5.15. The minimum absolute atomic E-state index is 0.0194. The molecule has 1 aliphatic heterocycles. The van der Waals surface area contributed by atoms with Gasteiger partial charge in [0, 0.05) is 25.2 Å². The molecule has 2 atom stereocenters. The third-order valence-corrected chi connectivity index (χ3v) is 5.77. The first-order chi connectivity index (χ1) is 12.5. The number of ether oxygens (including phenoxy) is 2. The average molecular weight is 376 g/mol. The van der Waals surface area contributed by atoms with Gasteiger partial charge in [0.05, 0.1) is 25.5 Å². The first-order valence-electron chi connectivity index (χ1n) is 8.58. The molecule has 1 fully saturated rings. The summed E-state index contributed by atoms with van der Waals surface area (Å²) in [6.07, 6.45) is 3.54. The number of nitrogens with zero attached hydrogens (tertiary/aromatic N) is 4. The van der Waals surface area contributed by atoms with Gasteiger partial charge in [-0.2, -0.15) is 0 Å². The molecule has 0 saturated carbocycles. The Kier molecular flexibility index (Phi) is 5.70. The van der Waals surface area contributed by atoms with Gasteiger partial charge in [0.15, 0.2) is 5.16 Å². The van der Waals surface area contributed by atoms with Crippen LogP contribution >= 0.6 is 11.8 Å². The lowest BCUT2D eigenvalue weighted by molar-refractivity contribution is -0.131. The SMILES string of the molecule is COc1ccc([C@@H]2CCCN2C(=O)[C@H](C)Sc2nncn2C)c(OC)c1. The van der Waals surface area contributed by atoms with E-state index in [0.717, 1.165) is 41.6 Å². The molecule has 2 aromatic rings. The second-order valence-electron chi connectivity index (χ2n) is 6.28. The lowest BCUT2D eigenvalue weighted by Gasteiger charge is -2.28. The van der Waals surface area contributed by atoms with Crippen molar-refractivity contribution in [2.45, 2.75) is 36.2 Å². The number of aromatic nitrogens is 3. The van der Waals surface area contributed by atoms with Gasteiger partial charge in [-0.1, -0.05) is 11.8 Å².